The van der Waals surface area contributed by atoms with Crippen molar-refractivity contribution < 1.29 is 59.8 Å². The Bertz CT molecular complexity index is 1700. The summed E-state index contributed by atoms with van der Waals surface area (Å²) in [6.45, 7) is 4.69. The van der Waals surface area contributed by atoms with Crippen molar-refractivity contribution in [1.29, 1.82) is 0 Å². The summed E-state index contributed by atoms with van der Waals surface area (Å²) in [6.07, 6.45) is -17.7. The Hall–Kier alpha value is -4.81. The molecule has 1 heterocycles. The van der Waals surface area contributed by atoms with E-state index in [1.807, 2.05) is 0 Å². The number of anilines is 1. The topological polar surface area (TPSA) is 155 Å². The summed E-state index contributed by atoms with van der Waals surface area (Å²) in [5, 5.41) is 4.66. The quantitative estimate of drug-likeness (QED) is 0.111. The van der Waals surface area contributed by atoms with Crippen LogP contribution in [-0.2, 0) is 28.7 Å². The number of nitrogens with one attached hydrogen (secondary N) is 3. The Kier molecular flexibility index (Phi) is 15.5. The summed E-state index contributed by atoms with van der Waals surface area (Å²) >= 11 is 0.476. The molecule has 19 heteroatoms. The first kappa shape index (κ1) is 44.6. The van der Waals surface area contributed by atoms with Gasteiger partial charge < -0.3 is 25.0 Å². The van der Waals surface area contributed by atoms with Crippen LogP contribution in [0.25, 0.3) is 0 Å². The molecule has 55 heavy (non-hydrogen) atoms. The van der Waals surface area contributed by atoms with E-state index in [0.717, 1.165) is 7.11 Å². The van der Waals surface area contributed by atoms with Crippen LogP contribution in [0.4, 0.5) is 36.8 Å². The number of halogens is 6. The highest BCUT2D eigenvalue weighted by Crippen LogP contribution is 2.33. The molecule has 0 saturated heterocycles. The number of methoxy groups -OCH3 is 1. The van der Waals surface area contributed by atoms with E-state index in [9.17, 15) is 50.3 Å². The lowest BCUT2D eigenvalue weighted by molar-refractivity contribution is -0.147. The van der Waals surface area contributed by atoms with E-state index >= 15 is 0 Å². The number of ether oxygens (including phenoxy) is 2. The molecule has 2 aromatic rings. The predicted octanol–water partition coefficient (Wildman–Crippen LogP) is 6.08. The van der Waals surface area contributed by atoms with Gasteiger partial charge in [-0.05, 0) is 58.0 Å². The van der Waals surface area contributed by atoms with Gasteiger partial charge in [0.05, 0.1) is 24.4 Å². The van der Waals surface area contributed by atoms with E-state index in [0.29, 0.717) is 28.8 Å². The van der Waals surface area contributed by atoms with Crippen molar-refractivity contribution in [3.8, 4) is 0 Å². The van der Waals surface area contributed by atoms with Crippen LogP contribution < -0.4 is 20.3 Å². The number of carbonyl (C=O) groups excluding carboxylic acids is 5. The van der Waals surface area contributed by atoms with E-state index in [4.69, 9.17) is 4.74 Å². The Morgan fingerprint density at radius 3 is 2.07 bits per heavy atom. The largest absolute Gasteiger partial charge is 0.467 e. The summed E-state index contributed by atoms with van der Waals surface area (Å²) < 4.78 is 92.5. The number of nitrogens with zero attached hydrogens (tertiary/aromatic N) is 2. The van der Waals surface area contributed by atoms with E-state index in [-0.39, 0.29) is 5.71 Å². The molecular weight excluding hydrogens is 760 g/mol. The molecule has 0 aliphatic carbocycles. The smallest absolute Gasteiger partial charge is 0.408 e. The number of esters is 1. The molecule has 4 atom stereocenters. The number of benzene rings is 2. The van der Waals surface area contributed by atoms with Crippen LogP contribution >= 0.6 is 11.9 Å². The second-order valence-electron chi connectivity index (χ2n) is 13.5. The van der Waals surface area contributed by atoms with Crippen LogP contribution in [0.2, 0.25) is 0 Å². The van der Waals surface area contributed by atoms with Gasteiger partial charge in [-0.2, -0.15) is 26.3 Å². The molecule has 0 radical (unpaired) electrons. The summed E-state index contributed by atoms with van der Waals surface area (Å²) in [6, 6.07) is 13.9. The fraction of sp³-hybridized carbons (Fsp3) is 0.500. The highest BCUT2D eigenvalue weighted by molar-refractivity contribution is 7.98. The molecule has 3 rings (SSSR count). The van der Waals surface area contributed by atoms with E-state index in [1.165, 1.54) is 11.9 Å². The molecule has 2 aromatic carbocycles. The van der Waals surface area contributed by atoms with Crippen molar-refractivity contribution >= 4 is 53.1 Å². The molecule has 12 nitrogen and oxygen atoms in total. The molecule has 0 spiro atoms. The number of rotatable bonds is 15. The number of aliphatic imine (C=N–C) groups is 1. The summed E-state index contributed by atoms with van der Waals surface area (Å²) in [7, 11) is 2.44. The van der Waals surface area contributed by atoms with Gasteiger partial charge in [0.1, 0.15) is 11.6 Å². The number of para-hydroxylation sites is 1. The molecule has 0 saturated carbocycles. The number of hydrogen-bond acceptors (Lipinski definition) is 9. The maximum Gasteiger partial charge on any atom is 0.408 e. The first-order chi connectivity index (χ1) is 25.6. The van der Waals surface area contributed by atoms with Crippen LogP contribution in [0.3, 0.4) is 0 Å². The maximum absolute atomic E-state index is 14.0. The third kappa shape index (κ3) is 14.1. The second-order valence-corrected chi connectivity index (χ2v) is 14.4. The van der Waals surface area contributed by atoms with E-state index < -0.39 is 110 Å². The second kappa shape index (κ2) is 19.2. The maximum atomic E-state index is 14.0. The van der Waals surface area contributed by atoms with Crippen LogP contribution in [-0.4, -0.2) is 85.6 Å². The number of benzodiazepines with no additional fused rings is 1. The minimum Gasteiger partial charge on any atom is -0.467 e. The van der Waals surface area contributed by atoms with Gasteiger partial charge in [-0.3, -0.25) is 19.1 Å². The van der Waals surface area contributed by atoms with E-state index in [1.54, 1.807) is 75.4 Å². The third-order valence-corrected chi connectivity index (χ3v) is 8.99. The molecule has 1 aliphatic rings. The first-order valence-corrected chi connectivity index (χ1v) is 18.0. The van der Waals surface area contributed by atoms with Crippen molar-refractivity contribution in [2.45, 2.75) is 83.0 Å². The van der Waals surface area contributed by atoms with Crippen LogP contribution in [0.5, 0.6) is 0 Å². The van der Waals surface area contributed by atoms with Crippen molar-refractivity contribution in [1.82, 2.24) is 15.4 Å². The van der Waals surface area contributed by atoms with Gasteiger partial charge in [0.25, 0.3) is 5.91 Å². The zero-order valence-electron chi connectivity index (χ0n) is 30.7. The van der Waals surface area contributed by atoms with Crippen molar-refractivity contribution in [3.63, 3.8) is 0 Å². The molecule has 4 amide bonds. The lowest BCUT2D eigenvalue weighted by Crippen LogP contribution is -2.50. The molecule has 4 unspecified atom stereocenters. The zero-order chi connectivity index (χ0) is 41.1. The summed E-state index contributed by atoms with van der Waals surface area (Å²) in [5.74, 6) is -8.17. The van der Waals surface area contributed by atoms with Gasteiger partial charge in [0.2, 0.25) is 18.0 Å². The number of carbonyl (C=O) groups is 5. The van der Waals surface area contributed by atoms with Gasteiger partial charge in [0, 0.05) is 42.7 Å². The molecule has 0 fully saturated rings. The van der Waals surface area contributed by atoms with E-state index in [2.05, 4.69) is 25.1 Å². The van der Waals surface area contributed by atoms with Gasteiger partial charge in [0.15, 0.2) is 0 Å². The standard InChI is InChI=1S/C36H43F6N5O7S/c1-34(2,3)54-33(52)43-25(32(51)53-5)20-55-46-30(49)23(17-19-36(40,41)42)22(15-11-18-35(37,38)39)29(48)45-28-31(50)47(4)26-16-10-9-14-24(26)27(44-28)21-12-7-6-8-13-21/h6-10,12-14,16,22-23,25,28H,11,15,17-20H2,1-5H3,(H,43,52)(H,45,48)(H,46,49). The fourth-order valence-corrected chi connectivity index (χ4v) is 6.35. The minimum absolute atomic E-state index is 0.274. The minimum atomic E-state index is -4.83. The number of fused-ring (bicyclic) bond motifs is 1. The number of hydrogen-bond donors (Lipinski definition) is 3. The number of alkyl carbamates (subject to hydrolysis) is 1. The normalized spacial score (nSPS) is 16.4. The van der Waals surface area contributed by atoms with Crippen LogP contribution in [0.15, 0.2) is 59.6 Å². The molecule has 3 N–H and O–H groups in total. The molecular formula is C36H43F6N5O7S. The molecule has 0 bridgehead atoms. The van der Waals surface area contributed by atoms with Gasteiger partial charge in [-0.25, -0.2) is 14.6 Å². The Labute approximate surface area is 318 Å². The van der Waals surface area contributed by atoms with Crippen molar-refractivity contribution in [2.75, 3.05) is 24.8 Å². The average Bonchev–Trinajstić information content (AvgIpc) is 3.19. The zero-order valence-corrected chi connectivity index (χ0v) is 31.5. The lowest BCUT2D eigenvalue weighted by atomic mass is 9.83. The highest BCUT2D eigenvalue weighted by Gasteiger charge is 2.41. The van der Waals surface area contributed by atoms with Crippen molar-refractivity contribution in [2.24, 2.45) is 16.8 Å². The molecule has 1 aliphatic heterocycles. The molecule has 302 valence electrons. The van der Waals surface area contributed by atoms with Crippen LogP contribution in [0, 0.1) is 11.8 Å². The summed E-state index contributed by atoms with van der Waals surface area (Å²) in [4.78, 5) is 71.8. The number of amides is 4. The highest BCUT2D eigenvalue weighted by atomic mass is 32.2. The SMILES string of the molecule is COC(=O)C(CSNC(=O)C(CCC(F)(F)F)C(CCCC(F)(F)F)C(=O)NC1N=C(c2ccccc2)c2ccccc2N(C)C1=O)NC(=O)OC(C)(C)C. The van der Waals surface area contributed by atoms with Gasteiger partial charge in [-0.15, -0.1) is 0 Å². The Morgan fingerprint density at radius 1 is 0.873 bits per heavy atom. The first-order valence-electron chi connectivity index (χ1n) is 17.0. The van der Waals surface area contributed by atoms with Crippen molar-refractivity contribution in [3.05, 3.63) is 65.7 Å². The Balaban J connectivity index is 1.96. The fourth-order valence-electron chi connectivity index (χ4n) is 5.59. The Morgan fingerprint density at radius 2 is 1.47 bits per heavy atom. The van der Waals surface area contributed by atoms with Gasteiger partial charge >= 0.3 is 24.4 Å². The average molecular weight is 804 g/mol. The summed E-state index contributed by atoms with van der Waals surface area (Å²) in [5.41, 5.74) is 0.795. The monoisotopic (exact) mass is 803 g/mol. The number of likely N-dealkylation sites (N-methyl/N-ethyl adjacent to an activating group) is 1. The predicted molar refractivity (Wildman–Crippen MR) is 192 cm³/mol. The molecule has 0 aromatic heterocycles. The lowest BCUT2D eigenvalue weighted by Gasteiger charge is -2.28. The third-order valence-electron chi connectivity index (χ3n) is 8.14. The van der Waals surface area contributed by atoms with Crippen LogP contribution in [0.1, 0.15) is 64.0 Å². The van der Waals surface area contributed by atoms with Gasteiger partial charge in [-0.1, -0.05) is 48.5 Å². The number of alkyl halides is 6.